The summed E-state index contributed by atoms with van der Waals surface area (Å²) < 4.78 is 20.2. The monoisotopic (exact) mass is 357 g/mol. The molecule has 0 bridgehead atoms. The second-order valence-electron chi connectivity index (χ2n) is 5.91. The third kappa shape index (κ3) is 2.61. The van der Waals surface area contributed by atoms with Crippen LogP contribution in [0.3, 0.4) is 0 Å². The fourth-order valence-corrected chi connectivity index (χ4v) is 3.06. The first-order valence-electron chi connectivity index (χ1n) is 8.26. The molecule has 9 heteroatoms. The van der Waals surface area contributed by atoms with Crippen molar-refractivity contribution in [3.05, 3.63) is 51.8 Å². The average Bonchev–Trinajstić information content (AvgIpc) is 3.08. The number of aromatic nitrogens is 4. The van der Waals surface area contributed by atoms with Crippen LogP contribution in [0.1, 0.15) is 18.2 Å². The number of halogens is 1. The summed E-state index contributed by atoms with van der Waals surface area (Å²) in [4.78, 5) is 33.0. The molecule has 3 aromatic rings. The van der Waals surface area contributed by atoms with Gasteiger partial charge in [0.1, 0.15) is 5.82 Å². The Hall–Kier alpha value is -3.23. The highest BCUT2D eigenvalue weighted by Crippen LogP contribution is 2.24. The topological polar surface area (TPSA) is 92.6 Å². The molecule has 2 aromatic heterocycles. The summed E-state index contributed by atoms with van der Waals surface area (Å²) >= 11 is 0. The Kier molecular flexibility index (Phi) is 3.90. The van der Waals surface area contributed by atoms with Gasteiger partial charge in [-0.25, -0.2) is 19.0 Å². The second-order valence-corrected chi connectivity index (χ2v) is 5.91. The van der Waals surface area contributed by atoms with Gasteiger partial charge < -0.3 is 14.6 Å². The molecular formula is C17H16FN5O3. The first-order valence-corrected chi connectivity index (χ1v) is 8.26. The first kappa shape index (κ1) is 16.2. The minimum absolute atomic E-state index is 0.121. The lowest BCUT2D eigenvalue weighted by Crippen LogP contribution is -2.38. The number of fused-ring (bicyclic) bond motifs is 3. The number of benzene rings is 1. The van der Waals surface area contributed by atoms with Gasteiger partial charge in [-0.1, -0.05) is 12.1 Å². The molecule has 1 N–H and O–H groups in total. The third-order valence-electron chi connectivity index (χ3n) is 4.31. The van der Waals surface area contributed by atoms with Gasteiger partial charge in [0.25, 0.3) is 0 Å². The van der Waals surface area contributed by atoms with Crippen molar-refractivity contribution in [2.24, 2.45) is 0 Å². The molecule has 0 aliphatic carbocycles. The van der Waals surface area contributed by atoms with E-state index in [0.29, 0.717) is 29.9 Å². The number of rotatable bonds is 2. The molecule has 1 aromatic carbocycles. The number of ether oxygens (including phenoxy) is 1. The lowest BCUT2D eigenvalue weighted by molar-refractivity contribution is 0.102. The molecule has 134 valence electrons. The maximum atomic E-state index is 14.1. The number of nitrogens with one attached hydrogen (secondary N) is 1. The van der Waals surface area contributed by atoms with Gasteiger partial charge >= 0.3 is 11.8 Å². The van der Waals surface area contributed by atoms with E-state index in [-0.39, 0.29) is 24.5 Å². The third-order valence-corrected chi connectivity index (χ3v) is 4.31. The fraction of sp³-hybridized carbons (Fsp3) is 0.294. The molecule has 0 unspecified atom stereocenters. The summed E-state index contributed by atoms with van der Waals surface area (Å²) in [5, 5.41) is 4.14. The highest BCUT2D eigenvalue weighted by molar-refractivity contribution is 5.69. The van der Waals surface area contributed by atoms with Crippen molar-refractivity contribution in [3.8, 4) is 11.4 Å². The Labute approximate surface area is 147 Å². The molecule has 0 spiro atoms. The maximum absolute atomic E-state index is 14.1. The number of aromatic amines is 1. The molecule has 1 aliphatic heterocycles. The molecule has 3 heterocycles. The Bertz CT molecular complexity index is 1060. The van der Waals surface area contributed by atoms with Gasteiger partial charge in [-0.2, -0.15) is 4.52 Å². The summed E-state index contributed by atoms with van der Waals surface area (Å²) in [5.74, 6) is -0.350. The Morgan fingerprint density at radius 2 is 2.19 bits per heavy atom. The quantitative estimate of drug-likeness (QED) is 0.754. The summed E-state index contributed by atoms with van der Waals surface area (Å²) in [6.07, 6.45) is 0.0539. The van der Waals surface area contributed by atoms with Crippen LogP contribution in [-0.4, -0.2) is 43.7 Å². The van der Waals surface area contributed by atoms with E-state index in [0.717, 1.165) is 4.52 Å². The van der Waals surface area contributed by atoms with Crippen LogP contribution in [0.25, 0.3) is 17.0 Å². The van der Waals surface area contributed by atoms with Gasteiger partial charge in [0.15, 0.2) is 11.5 Å². The summed E-state index contributed by atoms with van der Waals surface area (Å²) in [6, 6.07) is 6.10. The molecule has 4 rings (SSSR count). The number of H-pyrrole nitrogens is 1. The lowest BCUT2D eigenvalue weighted by atomic mass is 10.1. The zero-order valence-corrected chi connectivity index (χ0v) is 14.0. The van der Waals surface area contributed by atoms with E-state index in [1.807, 2.05) is 0 Å². The molecular weight excluding hydrogens is 341 g/mol. The zero-order chi connectivity index (χ0) is 18.3. The van der Waals surface area contributed by atoms with Crippen LogP contribution in [-0.2, 0) is 17.7 Å². The molecule has 26 heavy (non-hydrogen) atoms. The van der Waals surface area contributed by atoms with Gasteiger partial charge in [-0.3, -0.25) is 0 Å². The minimum atomic E-state index is -0.471. The number of hydrogen-bond donors (Lipinski definition) is 1. The van der Waals surface area contributed by atoms with Crippen LogP contribution >= 0.6 is 0 Å². The van der Waals surface area contributed by atoms with Crippen molar-refractivity contribution in [2.75, 3.05) is 13.2 Å². The van der Waals surface area contributed by atoms with Gasteiger partial charge in [0, 0.05) is 24.2 Å². The van der Waals surface area contributed by atoms with E-state index in [1.54, 1.807) is 30.0 Å². The number of amides is 1. The summed E-state index contributed by atoms with van der Waals surface area (Å²) in [6.45, 7) is 2.70. The minimum Gasteiger partial charge on any atom is -0.450 e. The predicted octanol–water partition coefficient (Wildman–Crippen LogP) is 1.74. The van der Waals surface area contributed by atoms with E-state index >= 15 is 0 Å². The molecule has 8 nitrogen and oxygen atoms in total. The Balaban J connectivity index is 1.83. The van der Waals surface area contributed by atoms with Crippen LogP contribution in [0.2, 0.25) is 0 Å². The second kappa shape index (κ2) is 6.25. The van der Waals surface area contributed by atoms with Gasteiger partial charge in [-0.15, -0.1) is 5.10 Å². The lowest BCUT2D eigenvalue weighted by Gasteiger charge is -2.27. The number of carbonyl (C=O) groups is 1. The van der Waals surface area contributed by atoms with Crippen LogP contribution in [0.15, 0.2) is 29.1 Å². The van der Waals surface area contributed by atoms with Crippen LogP contribution in [0, 0.1) is 5.82 Å². The van der Waals surface area contributed by atoms with Crippen LogP contribution < -0.4 is 5.69 Å². The first-order chi connectivity index (χ1) is 12.6. The molecule has 1 aliphatic rings. The standard InChI is InChI=1S/C17H16FN5O3/c1-2-26-17(25)22-8-7-13-11(9-22)15-20-14(21-23(15)16(24)19-13)10-5-3-4-6-12(10)18/h3-6H,2,7-9H2,1H3,(H,19,24). The van der Waals surface area contributed by atoms with Crippen molar-refractivity contribution in [1.82, 2.24) is 24.5 Å². The zero-order valence-electron chi connectivity index (χ0n) is 14.0. The van der Waals surface area contributed by atoms with Crippen molar-refractivity contribution >= 4 is 11.7 Å². The normalized spacial score (nSPS) is 13.7. The van der Waals surface area contributed by atoms with Crippen LogP contribution in [0.4, 0.5) is 9.18 Å². The maximum Gasteiger partial charge on any atom is 0.410 e. The molecule has 0 radical (unpaired) electrons. The SMILES string of the molecule is CCOC(=O)N1CCc2[nH]c(=O)n3nc(-c4ccccc4F)nc3c2C1. The van der Waals surface area contributed by atoms with E-state index in [2.05, 4.69) is 15.1 Å². The van der Waals surface area contributed by atoms with Crippen molar-refractivity contribution < 1.29 is 13.9 Å². The molecule has 0 atom stereocenters. The molecule has 1 amide bonds. The van der Waals surface area contributed by atoms with E-state index < -0.39 is 17.6 Å². The molecule has 0 saturated carbocycles. The average molecular weight is 357 g/mol. The largest absolute Gasteiger partial charge is 0.450 e. The Morgan fingerprint density at radius 3 is 2.96 bits per heavy atom. The van der Waals surface area contributed by atoms with E-state index in [9.17, 15) is 14.0 Å². The van der Waals surface area contributed by atoms with Crippen molar-refractivity contribution in [3.63, 3.8) is 0 Å². The van der Waals surface area contributed by atoms with Gasteiger partial charge in [-0.05, 0) is 19.1 Å². The number of hydrogen-bond acceptors (Lipinski definition) is 5. The van der Waals surface area contributed by atoms with Crippen molar-refractivity contribution in [1.29, 1.82) is 0 Å². The predicted molar refractivity (Wildman–Crippen MR) is 90.1 cm³/mol. The van der Waals surface area contributed by atoms with Gasteiger partial charge in [0.2, 0.25) is 0 Å². The van der Waals surface area contributed by atoms with Gasteiger partial charge in [0.05, 0.1) is 18.7 Å². The summed E-state index contributed by atoms with van der Waals surface area (Å²) in [7, 11) is 0. The fourth-order valence-electron chi connectivity index (χ4n) is 3.06. The van der Waals surface area contributed by atoms with Crippen molar-refractivity contribution in [2.45, 2.75) is 19.9 Å². The highest BCUT2D eigenvalue weighted by Gasteiger charge is 2.26. The number of nitrogens with zero attached hydrogens (tertiary/aromatic N) is 4. The summed E-state index contributed by atoms with van der Waals surface area (Å²) in [5.41, 5.74) is 1.46. The smallest absolute Gasteiger partial charge is 0.410 e. The Morgan fingerprint density at radius 1 is 1.38 bits per heavy atom. The highest BCUT2D eigenvalue weighted by atomic mass is 19.1. The van der Waals surface area contributed by atoms with E-state index in [1.165, 1.54) is 6.07 Å². The number of carbonyl (C=O) groups excluding carboxylic acids is 1. The molecule has 0 fully saturated rings. The molecule has 0 saturated heterocycles. The van der Waals surface area contributed by atoms with E-state index in [4.69, 9.17) is 4.74 Å². The van der Waals surface area contributed by atoms with Crippen LogP contribution in [0.5, 0.6) is 0 Å².